The highest BCUT2D eigenvalue weighted by Gasteiger charge is 2.36. The number of hydroxylamine groups is 2. The first-order valence-corrected chi connectivity index (χ1v) is 12.1. The Morgan fingerprint density at radius 2 is 1.76 bits per heavy atom. The molecule has 4 aromatic rings. The number of aromatic nitrogens is 4. The maximum atomic E-state index is 15.4. The molecule has 9 nitrogen and oxygen atoms in total. The molecular weight excluding hydrogens is 475 g/mol. The molecule has 1 saturated heterocycles. The average Bonchev–Trinajstić information content (AvgIpc) is 3.25. The Kier molecular flexibility index (Phi) is 6.51. The fraction of sp³-hybridized carbons (Fsp3) is 0.333. The number of piperidine rings is 1. The fourth-order valence-electron chi connectivity index (χ4n) is 4.21. The molecule has 0 aliphatic carbocycles. The van der Waals surface area contributed by atoms with Crippen molar-refractivity contribution in [3.8, 4) is 22.8 Å². The normalized spacial score (nSPS) is 18.6. The van der Waals surface area contributed by atoms with Crippen LogP contribution in [0, 0.1) is 5.41 Å². The number of para-hydroxylation sites is 1. The van der Waals surface area contributed by atoms with Crippen molar-refractivity contribution >= 4 is 22.8 Å². The van der Waals surface area contributed by atoms with Crippen LogP contribution in [0.3, 0.4) is 0 Å². The summed E-state index contributed by atoms with van der Waals surface area (Å²) in [5, 5.41) is 6.71. The molecule has 5 rings (SSSR count). The molecule has 0 bridgehead atoms. The van der Waals surface area contributed by atoms with Crippen molar-refractivity contribution < 1.29 is 18.8 Å². The number of benzene rings is 2. The van der Waals surface area contributed by atoms with Gasteiger partial charge in [-0.3, -0.25) is 0 Å². The number of fused-ring (bicyclic) bond motifs is 1. The number of nitrogens with zero attached hydrogens (tertiary/aromatic N) is 5. The smallest absolute Gasteiger partial charge is 0.330 e. The Bertz CT molecular complexity index is 1400. The number of carbonyl (C=O) groups is 1. The molecular formula is C27H29FN6O3. The Balaban J connectivity index is 1.41. The van der Waals surface area contributed by atoms with E-state index in [9.17, 15) is 4.79 Å². The van der Waals surface area contributed by atoms with E-state index in [0.717, 1.165) is 11.3 Å². The van der Waals surface area contributed by atoms with E-state index in [1.807, 2.05) is 54.6 Å². The summed E-state index contributed by atoms with van der Waals surface area (Å²) in [6.07, 6.45) is 0.391. The number of halogens is 1. The number of ether oxygens (including phenoxy) is 1. The first-order valence-electron chi connectivity index (χ1n) is 12.1. The molecule has 1 aliphatic rings. The third-order valence-corrected chi connectivity index (χ3v) is 6.23. The number of anilines is 1. The van der Waals surface area contributed by atoms with Gasteiger partial charge in [0.05, 0.1) is 23.4 Å². The molecule has 2 N–H and O–H groups in total. The molecule has 2 aromatic carbocycles. The second-order valence-electron chi connectivity index (χ2n) is 10.1. The molecule has 0 saturated carbocycles. The van der Waals surface area contributed by atoms with Crippen molar-refractivity contribution in [3.63, 3.8) is 0 Å². The van der Waals surface area contributed by atoms with Crippen LogP contribution < -0.4 is 10.5 Å². The second-order valence-corrected chi connectivity index (χ2v) is 10.1. The van der Waals surface area contributed by atoms with Crippen LogP contribution in [0.2, 0.25) is 0 Å². The Labute approximate surface area is 214 Å². The average molecular weight is 505 g/mol. The molecule has 0 unspecified atom stereocenters. The Hall–Kier alpha value is -4.05. The van der Waals surface area contributed by atoms with E-state index >= 15 is 4.39 Å². The predicted octanol–water partition coefficient (Wildman–Crippen LogP) is 4.96. The molecule has 192 valence electrons. The third kappa shape index (κ3) is 5.10. The minimum absolute atomic E-state index is 0.0603. The van der Waals surface area contributed by atoms with Crippen molar-refractivity contribution in [2.75, 3.05) is 18.8 Å². The molecule has 1 fully saturated rings. The monoisotopic (exact) mass is 504 g/mol. The van der Waals surface area contributed by atoms with Crippen LogP contribution in [0.5, 0.6) is 11.5 Å². The largest absolute Gasteiger partial charge is 0.457 e. The lowest BCUT2D eigenvalue weighted by molar-refractivity contribution is -0.210. The van der Waals surface area contributed by atoms with E-state index in [2.05, 4.69) is 9.97 Å². The third-order valence-electron chi connectivity index (χ3n) is 6.23. The van der Waals surface area contributed by atoms with Gasteiger partial charge in [0.1, 0.15) is 35.5 Å². The van der Waals surface area contributed by atoms with Gasteiger partial charge in [0, 0.05) is 12.1 Å². The lowest BCUT2D eigenvalue weighted by atomic mass is 9.97. The van der Waals surface area contributed by atoms with E-state index in [0.29, 0.717) is 35.4 Å². The summed E-state index contributed by atoms with van der Waals surface area (Å²) in [5.41, 5.74) is 7.36. The minimum Gasteiger partial charge on any atom is -0.457 e. The number of carbonyl (C=O) groups excluding carboxylic acids is 1. The summed E-state index contributed by atoms with van der Waals surface area (Å²) >= 11 is 0. The summed E-state index contributed by atoms with van der Waals surface area (Å²) < 4.78 is 22.9. The van der Waals surface area contributed by atoms with Gasteiger partial charge >= 0.3 is 5.97 Å². The number of alkyl halides is 1. The Morgan fingerprint density at radius 3 is 2.43 bits per heavy atom. The molecule has 2 atom stereocenters. The van der Waals surface area contributed by atoms with Crippen LogP contribution in [-0.2, 0) is 9.63 Å². The zero-order chi connectivity index (χ0) is 26.2. The molecule has 2 aromatic heterocycles. The van der Waals surface area contributed by atoms with E-state index in [-0.39, 0.29) is 12.4 Å². The van der Waals surface area contributed by atoms with Crippen molar-refractivity contribution in [3.05, 3.63) is 60.9 Å². The number of nitrogens with two attached hydrogens (primary N) is 1. The van der Waals surface area contributed by atoms with Gasteiger partial charge in [0.15, 0.2) is 5.65 Å². The summed E-state index contributed by atoms with van der Waals surface area (Å²) in [7, 11) is 0. The topological polar surface area (TPSA) is 108 Å². The Morgan fingerprint density at radius 1 is 1.05 bits per heavy atom. The number of rotatable bonds is 5. The van der Waals surface area contributed by atoms with E-state index < -0.39 is 23.6 Å². The number of hydrogen-bond donors (Lipinski definition) is 1. The van der Waals surface area contributed by atoms with Crippen molar-refractivity contribution in [1.29, 1.82) is 0 Å². The highest BCUT2D eigenvalue weighted by atomic mass is 19.1. The molecule has 37 heavy (non-hydrogen) atoms. The van der Waals surface area contributed by atoms with E-state index in [4.69, 9.17) is 20.4 Å². The maximum absolute atomic E-state index is 15.4. The van der Waals surface area contributed by atoms with Crippen LogP contribution in [0.15, 0.2) is 60.9 Å². The molecule has 3 heterocycles. The summed E-state index contributed by atoms with van der Waals surface area (Å²) in [5.74, 6) is 1.27. The fourth-order valence-corrected chi connectivity index (χ4v) is 4.21. The lowest BCUT2D eigenvalue weighted by Crippen LogP contribution is -2.45. The van der Waals surface area contributed by atoms with Gasteiger partial charge in [-0.05, 0) is 63.6 Å². The maximum Gasteiger partial charge on any atom is 0.330 e. The number of nitrogen functional groups attached to an aromatic ring is 1. The van der Waals surface area contributed by atoms with Crippen LogP contribution >= 0.6 is 0 Å². The first-order chi connectivity index (χ1) is 17.7. The van der Waals surface area contributed by atoms with Crippen molar-refractivity contribution in [2.45, 2.75) is 39.4 Å². The van der Waals surface area contributed by atoms with Gasteiger partial charge in [0.2, 0.25) is 0 Å². The van der Waals surface area contributed by atoms with Crippen LogP contribution in [0.1, 0.15) is 33.2 Å². The SMILES string of the molecule is CC(C)(C)C(=O)ON1CC[C@@H](n2nc(-c3ccc(Oc4ccccc4)cc3)c3c(N)ncnc32)[C@@H](F)C1. The molecule has 0 amide bonds. The highest BCUT2D eigenvalue weighted by Crippen LogP contribution is 2.36. The van der Waals surface area contributed by atoms with Crippen LogP contribution in [0.25, 0.3) is 22.3 Å². The molecule has 0 spiro atoms. The van der Waals surface area contributed by atoms with Crippen molar-refractivity contribution in [1.82, 2.24) is 24.8 Å². The molecule has 10 heteroatoms. The molecule has 0 radical (unpaired) electrons. The van der Waals surface area contributed by atoms with E-state index in [1.54, 1.807) is 25.5 Å². The van der Waals surface area contributed by atoms with Gasteiger partial charge < -0.3 is 15.3 Å². The summed E-state index contributed by atoms with van der Waals surface area (Å²) in [6.45, 7) is 5.59. The number of hydrogen-bond acceptors (Lipinski definition) is 8. The predicted molar refractivity (Wildman–Crippen MR) is 137 cm³/mol. The van der Waals surface area contributed by atoms with Gasteiger partial charge in [-0.25, -0.2) is 23.8 Å². The highest BCUT2D eigenvalue weighted by molar-refractivity contribution is 5.98. The first kappa shape index (κ1) is 24.6. The van der Waals surface area contributed by atoms with E-state index in [1.165, 1.54) is 11.4 Å². The zero-order valence-corrected chi connectivity index (χ0v) is 21.0. The van der Waals surface area contributed by atoms with Crippen LogP contribution in [0.4, 0.5) is 10.2 Å². The lowest BCUT2D eigenvalue weighted by Gasteiger charge is -2.34. The molecule has 1 aliphatic heterocycles. The van der Waals surface area contributed by atoms with Gasteiger partial charge in [0.25, 0.3) is 0 Å². The summed E-state index contributed by atoms with van der Waals surface area (Å²) in [6, 6.07) is 16.3. The zero-order valence-electron chi connectivity index (χ0n) is 21.0. The van der Waals surface area contributed by atoms with Crippen LogP contribution in [-0.4, -0.2) is 50.0 Å². The summed E-state index contributed by atoms with van der Waals surface area (Å²) in [4.78, 5) is 26.2. The standard InChI is InChI=1S/C27H29FN6O3/c1-27(2,3)26(35)37-33-14-13-21(20(28)15-33)34-25-22(24(29)30-16-31-25)23(32-34)17-9-11-19(12-10-17)36-18-7-5-4-6-8-18/h4-12,16,20-21H,13-15H2,1-3H3,(H2,29,30,31)/t20-,21+/m0/s1. The van der Waals surface area contributed by atoms with Gasteiger partial charge in [-0.15, -0.1) is 5.06 Å². The second kappa shape index (κ2) is 9.78. The van der Waals surface area contributed by atoms with Gasteiger partial charge in [-0.1, -0.05) is 18.2 Å². The quantitative estimate of drug-likeness (QED) is 0.406. The van der Waals surface area contributed by atoms with Crippen molar-refractivity contribution in [2.24, 2.45) is 5.41 Å². The van der Waals surface area contributed by atoms with Gasteiger partial charge in [-0.2, -0.15) is 5.10 Å². The minimum atomic E-state index is -1.34.